The Bertz CT molecular complexity index is 947. The largest absolute Gasteiger partial charge is 0.394 e. The minimum atomic E-state index is 0.881. The Hall–Kier alpha value is -2.69. The Morgan fingerprint density at radius 3 is 3.16 bits per heavy atom. The number of imidazole rings is 2. The van der Waals surface area contributed by atoms with Crippen LogP contribution in [-0.4, -0.2) is 19.2 Å². The molecule has 0 radical (unpaired) electrons. The van der Waals surface area contributed by atoms with Crippen molar-refractivity contribution >= 4 is 11.3 Å². The predicted octanol–water partition coefficient (Wildman–Crippen LogP) is 1.30. The molecule has 0 N–H and O–H groups in total. The smallest absolute Gasteiger partial charge is 0.264 e. The van der Waals surface area contributed by atoms with Crippen molar-refractivity contribution in [1.82, 2.24) is 19.2 Å². The van der Waals surface area contributed by atoms with Crippen molar-refractivity contribution in [2.75, 3.05) is 0 Å². The number of hydrogen-bond donors (Lipinski definition) is 0. The number of pyridine rings is 1. The van der Waals surface area contributed by atoms with Gasteiger partial charge >= 0.3 is 5.78 Å². The molecule has 0 amide bonds. The van der Waals surface area contributed by atoms with Crippen molar-refractivity contribution in [2.24, 2.45) is 0 Å². The topological polar surface area (TPSA) is 39.2 Å². The Kier molecular flexibility index (Phi) is 1.46. The fourth-order valence-electron chi connectivity index (χ4n) is 2.95. The Morgan fingerprint density at radius 1 is 1.16 bits per heavy atom. The molecule has 4 aromatic rings. The van der Waals surface area contributed by atoms with Crippen LogP contribution in [0.25, 0.3) is 22.6 Å². The first-order valence-electron chi connectivity index (χ1n) is 6.22. The lowest BCUT2D eigenvalue weighted by Crippen LogP contribution is -2.16. The van der Waals surface area contributed by atoms with Gasteiger partial charge in [-0.1, -0.05) is 0 Å². The van der Waals surface area contributed by atoms with Gasteiger partial charge < -0.3 is 0 Å². The molecule has 0 spiro atoms. The fraction of sp³-hybridized carbons (Fsp3) is 0.0714. The van der Waals surface area contributed by atoms with Crippen LogP contribution in [-0.2, 0) is 6.54 Å². The van der Waals surface area contributed by atoms with Crippen molar-refractivity contribution in [3.63, 3.8) is 0 Å². The van der Waals surface area contributed by atoms with Gasteiger partial charge in [-0.3, -0.25) is 4.98 Å². The van der Waals surface area contributed by atoms with E-state index in [1.165, 1.54) is 16.8 Å². The molecule has 5 heterocycles. The third-order valence-electron chi connectivity index (χ3n) is 3.78. The second kappa shape index (κ2) is 3.00. The number of nitrogens with zero attached hydrogens (tertiary/aromatic N) is 5. The lowest BCUT2D eigenvalue weighted by atomic mass is 10.1. The van der Waals surface area contributed by atoms with Gasteiger partial charge in [0.1, 0.15) is 18.1 Å². The van der Waals surface area contributed by atoms with E-state index in [2.05, 4.69) is 43.6 Å². The molecule has 1 aliphatic rings. The van der Waals surface area contributed by atoms with Crippen LogP contribution >= 0.6 is 0 Å². The van der Waals surface area contributed by atoms with Gasteiger partial charge in [0.25, 0.3) is 0 Å². The maximum absolute atomic E-state index is 4.44. The molecule has 5 rings (SSSR count). The van der Waals surface area contributed by atoms with Crippen molar-refractivity contribution in [3.8, 4) is 11.3 Å². The summed E-state index contributed by atoms with van der Waals surface area (Å²) >= 11 is 0. The van der Waals surface area contributed by atoms with Crippen molar-refractivity contribution in [1.29, 1.82) is 0 Å². The zero-order chi connectivity index (χ0) is 12.4. The molecule has 1 aliphatic heterocycles. The van der Waals surface area contributed by atoms with Crippen LogP contribution in [0.3, 0.4) is 0 Å². The number of aromatic nitrogens is 5. The van der Waals surface area contributed by atoms with E-state index < -0.39 is 0 Å². The highest BCUT2D eigenvalue weighted by molar-refractivity contribution is 5.68. The summed E-state index contributed by atoms with van der Waals surface area (Å²) in [6, 6.07) is 6.11. The first-order valence-corrected chi connectivity index (χ1v) is 6.22. The van der Waals surface area contributed by atoms with Gasteiger partial charge in [-0.25, -0.2) is 8.97 Å². The Morgan fingerprint density at radius 2 is 2.16 bits per heavy atom. The highest BCUT2D eigenvalue weighted by Gasteiger charge is 2.29. The Labute approximate surface area is 108 Å². The molecular weight excluding hydrogens is 238 g/mol. The summed E-state index contributed by atoms with van der Waals surface area (Å²) in [4.78, 5) is 4.23. The molecule has 19 heavy (non-hydrogen) atoms. The van der Waals surface area contributed by atoms with Crippen LogP contribution in [0, 0.1) is 0 Å². The highest BCUT2D eigenvalue weighted by Crippen LogP contribution is 2.31. The van der Waals surface area contributed by atoms with E-state index in [0.717, 1.165) is 17.8 Å². The molecule has 0 saturated heterocycles. The summed E-state index contributed by atoms with van der Waals surface area (Å²) in [6.07, 6.45) is 9.86. The van der Waals surface area contributed by atoms with E-state index in [1.807, 2.05) is 29.2 Å². The van der Waals surface area contributed by atoms with Gasteiger partial charge in [-0.15, -0.1) is 9.61 Å². The zero-order valence-corrected chi connectivity index (χ0v) is 10.1. The maximum atomic E-state index is 4.44. The third kappa shape index (κ3) is 1.03. The first kappa shape index (κ1) is 9.27. The number of rotatable bonds is 0. The lowest BCUT2D eigenvalue weighted by Gasteiger charge is -1.92. The Balaban J connectivity index is 1.94. The van der Waals surface area contributed by atoms with E-state index in [4.69, 9.17) is 0 Å². The standard InChI is InChI=1S/C14H10N5/c1-2-11-8-17-9-13-12-6-15-5-3-10(12)7-18(13)14(17)19(11)16-4-1/h1-6,8-9H,7H2/q+1. The molecule has 5 heteroatoms. The van der Waals surface area contributed by atoms with Gasteiger partial charge in [0.2, 0.25) is 0 Å². The van der Waals surface area contributed by atoms with Crippen LogP contribution in [0.2, 0.25) is 0 Å². The molecule has 0 aliphatic carbocycles. The third-order valence-corrected chi connectivity index (χ3v) is 3.78. The molecule has 0 unspecified atom stereocenters. The van der Waals surface area contributed by atoms with Gasteiger partial charge in [0, 0.05) is 23.5 Å². The molecule has 4 aromatic heterocycles. The summed E-state index contributed by atoms with van der Waals surface area (Å²) in [6.45, 7) is 0.881. The monoisotopic (exact) mass is 248 g/mol. The fourth-order valence-corrected chi connectivity index (χ4v) is 2.95. The highest BCUT2D eigenvalue weighted by atomic mass is 15.3. The molecule has 0 saturated carbocycles. The normalized spacial score (nSPS) is 13.1. The second-order valence-corrected chi connectivity index (χ2v) is 4.83. The minimum Gasteiger partial charge on any atom is -0.264 e. The van der Waals surface area contributed by atoms with Crippen molar-refractivity contribution in [3.05, 3.63) is 54.7 Å². The lowest BCUT2D eigenvalue weighted by molar-refractivity contribution is -0.508. The van der Waals surface area contributed by atoms with Crippen LogP contribution < -0.4 is 4.40 Å². The van der Waals surface area contributed by atoms with Gasteiger partial charge in [-0.2, -0.15) is 0 Å². The molecule has 0 bridgehead atoms. The van der Waals surface area contributed by atoms with Crippen molar-refractivity contribution in [2.45, 2.75) is 6.54 Å². The van der Waals surface area contributed by atoms with Crippen LogP contribution in [0.5, 0.6) is 0 Å². The van der Waals surface area contributed by atoms with Gasteiger partial charge in [-0.05, 0) is 18.2 Å². The van der Waals surface area contributed by atoms with E-state index in [-0.39, 0.29) is 0 Å². The number of hydrogen-bond acceptors (Lipinski definition) is 2. The second-order valence-electron chi connectivity index (χ2n) is 4.83. The maximum Gasteiger partial charge on any atom is 0.394 e. The summed E-state index contributed by atoms with van der Waals surface area (Å²) in [5.41, 5.74) is 4.84. The van der Waals surface area contributed by atoms with E-state index in [9.17, 15) is 0 Å². The summed E-state index contributed by atoms with van der Waals surface area (Å²) in [7, 11) is 0. The average molecular weight is 248 g/mol. The summed E-state index contributed by atoms with van der Waals surface area (Å²) in [5, 5.41) is 4.44. The van der Waals surface area contributed by atoms with E-state index in [1.54, 1.807) is 0 Å². The average Bonchev–Trinajstić information content (AvgIpc) is 3.05. The van der Waals surface area contributed by atoms with Crippen LogP contribution in [0.15, 0.2) is 49.2 Å². The molecule has 0 fully saturated rings. The first-order chi connectivity index (χ1) is 9.42. The predicted molar refractivity (Wildman–Crippen MR) is 68.7 cm³/mol. The van der Waals surface area contributed by atoms with E-state index >= 15 is 0 Å². The van der Waals surface area contributed by atoms with Crippen molar-refractivity contribution < 1.29 is 4.40 Å². The molecule has 5 nitrogen and oxygen atoms in total. The zero-order valence-electron chi connectivity index (χ0n) is 10.1. The summed E-state index contributed by atoms with van der Waals surface area (Å²) < 4.78 is 6.39. The molecule has 0 atom stereocenters. The minimum absolute atomic E-state index is 0.881. The quantitative estimate of drug-likeness (QED) is 0.387. The van der Waals surface area contributed by atoms with Crippen LogP contribution in [0.4, 0.5) is 0 Å². The molecule has 0 aromatic carbocycles. The van der Waals surface area contributed by atoms with E-state index in [0.29, 0.717) is 0 Å². The summed E-state index contributed by atoms with van der Waals surface area (Å²) in [5.74, 6) is 1.09. The van der Waals surface area contributed by atoms with Gasteiger partial charge in [0.05, 0.1) is 12.7 Å². The molecular formula is C14H10N5+. The van der Waals surface area contributed by atoms with Crippen LogP contribution in [0.1, 0.15) is 5.56 Å². The number of fused-ring (bicyclic) bond motifs is 7. The van der Waals surface area contributed by atoms with Gasteiger partial charge in [0.15, 0.2) is 5.52 Å². The SMILES string of the molecule is c1cnn2c(c1)c[n+]1cc3n(c21)Cc1ccncc1-3. The molecule has 90 valence electrons.